The minimum Gasteiger partial charge on any atom is -0.478 e. The summed E-state index contributed by atoms with van der Waals surface area (Å²) < 4.78 is 0. The number of urea groups is 1. The first-order valence-electron chi connectivity index (χ1n) is 10.5. The van der Waals surface area contributed by atoms with Crippen LogP contribution in [0.3, 0.4) is 0 Å². The number of carbonyl (C=O) groups is 3. The van der Waals surface area contributed by atoms with E-state index < -0.39 is 12.0 Å². The number of carboxylic acids is 1. The monoisotopic (exact) mass is 463 g/mol. The summed E-state index contributed by atoms with van der Waals surface area (Å²) in [7, 11) is 0. The van der Waals surface area contributed by atoms with Crippen molar-refractivity contribution in [3.63, 3.8) is 0 Å². The molecule has 0 saturated carbocycles. The SMILES string of the molecule is O=C(O)c1ccc(-c2ccc(NC(=O)[C@H]3CCCN3C(=O)Nc3cccc(Cl)c3)cc2)cc1. The Bertz CT molecular complexity index is 1180. The molecule has 0 bridgehead atoms. The highest BCUT2D eigenvalue weighted by atomic mass is 35.5. The van der Waals surface area contributed by atoms with Crippen molar-refractivity contribution >= 4 is 40.9 Å². The number of aromatic carboxylic acids is 1. The third-order valence-electron chi connectivity index (χ3n) is 5.51. The second kappa shape index (κ2) is 9.75. The molecule has 8 heteroatoms. The van der Waals surface area contributed by atoms with Gasteiger partial charge in [0, 0.05) is 22.9 Å². The van der Waals surface area contributed by atoms with Crippen molar-refractivity contribution in [2.45, 2.75) is 18.9 Å². The Hall–Kier alpha value is -3.84. The molecule has 168 valence electrons. The molecule has 1 aliphatic heterocycles. The summed E-state index contributed by atoms with van der Waals surface area (Å²) in [6.45, 7) is 0.496. The van der Waals surface area contributed by atoms with E-state index in [9.17, 15) is 14.4 Å². The van der Waals surface area contributed by atoms with Crippen LogP contribution in [0.1, 0.15) is 23.2 Å². The van der Waals surface area contributed by atoms with E-state index in [0.29, 0.717) is 29.4 Å². The van der Waals surface area contributed by atoms with Gasteiger partial charge in [-0.05, 0) is 66.4 Å². The lowest BCUT2D eigenvalue weighted by atomic mass is 10.0. The third-order valence-corrected chi connectivity index (χ3v) is 5.74. The van der Waals surface area contributed by atoms with Gasteiger partial charge >= 0.3 is 12.0 Å². The highest BCUT2D eigenvalue weighted by Crippen LogP contribution is 2.24. The molecule has 7 nitrogen and oxygen atoms in total. The third kappa shape index (κ3) is 5.32. The van der Waals surface area contributed by atoms with Crippen LogP contribution in [0.15, 0.2) is 72.8 Å². The summed E-state index contributed by atoms with van der Waals surface area (Å²) in [6.07, 6.45) is 1.33. The lowest BCUT2D eigenvalue weighted by Crippen LogP contribution is -2.45. The summed E-state index contributed by atoms with van der Waals surface area (Å²) in [5.74, 6) is -1.21. The van der Waals surface area contributed by atoms with Gasteiger partial charge in [0.15, 0.2) is 0 Å². The van der Waals surface area contributed by atoms with Crippen LogP contribution in [0.5, 0.6) is 0 Å². The number of anilines is 2. The fourth-order valence-electron chi connectivity index (χ4n) is 3.82. The van der Waals surface area contributed by atoms with Gasteiger partial charge in [0.1, 0.15) is 6.04 Å². The average molecular weight is 464 g/mol. The van der Waals surface area contributed by atoms with Crippen molar-refractivity contribution in [3.8, 4) is 11.1 Å². The zero-order valence-corrected chi connectivity index (χ0v) is 18.4. The minimum absolute atomic E-state index is 0.225. The summed E-state index contributed by atoms with van der Waals surface area (Å²) >= 11 is 5.97. The lowest BCUT2D eigenvalue weighted by Gasteiger charge is -2.24. The maximum atomic E-state index is 12.9. The Balaban J connectivity index is 1.39. The Kier molecular flexibility index (Phi) is 6.60. The van der Waals surface area contributed by atoms with Crippen LogP contribution in [0.2, 0.25) is 5.02 Å². The molecule has 3 amide bonds. The highest BCUT2D eigenvalue weighted by Gasteiger charge is 2.34. The maximum absolute atomic E-state index is 12.9. The average Bonchev–Trinajstić information content (AvgIpc) is 3.30. The normalized spacial score (nSPS) is 15.2. The molecule has 1 fully saturated rings. The van der Waals surface area contributed by atoms with Gasteiger partial charge in [0.25, 0.3) is 0 Å². The number of hydrogen-bond acceptors (Lipinski definition) is 3. The molecule has 3 N–H and O–H groups in total. The number of carbonyl (C=O) groups excluding carboxylic acids is 2. The molecule has 1 heterocycles. The Morgan fingerprint density at radius 2 is 1.55 bits per heavy atom. The number of halogens is 1. The molecule has 0 aromatic heterocycles. The van der Waals surface area contributed by atoms with Gasteiger partial charge in [-0.25, -0.2) is 9.59 Å². The topological polar surface area (TPSA) is 98.7 Å². The van der Waals surface area contributed by atoms with Crippen LogP contribution in [-0.4, -0.2) is 40.5 Å². The van der Waals surface area contributed by atoms with Gasteiger partial charge in [-0.1, -0.05) is 41.9 Å². The molecular formula is C25H22ClN3O4. The van der Waals surface area contributed by atoms with Crippen molar-refractivity contribution in [3.05, 3.63) is 83.4 Å². The van der Waals surface area contributed by atoms with E-state index in [1.165, 1.54) is 4.90 Å². The van der Waals surface area contributed by atoms with E-state index in [2.05, 4.69) is 10.6 Å². The van der Waals surface area contributed by atoms with E-state index in [1.54, 1.807) is 60.7 Å². The fourth-order valence-corrected chi connectivity index (χ4v) is 4.01. The van der Waals surface area contributed by atoms with Gasteiger partial charge < -0.3 is 20.6 Å². The van der Waals surface area contributed by atoms with Crippen molar-refractivity contribution < 1.29 is 19.5 Å². The number of hydrogen-bond donors (Lipinski definition) is 3. The quantitative estimate of drug-likeness (QED) is 0.475. The van der Waals surface area contributed by atoms with Crippen molar-refractivity contribution in [2.24, 2.45) is 0 Å². The first-order valence-corrected chi connectivity index (χ1v) is 10.9. The van der Waals surface area contributed by atoms with Gasteiger partial charge in [0.05, 0.1) is 5.56 Å². The molecular weight excluding hydrogens is 442 g/mol. The smallest absolute Gasteiger partial charge is 0.335 e. The van der Waals surface area contributed by atoms with E-state index in [1.807, 2.05) is 12.1 Å². The van der Waals surface area contributed by atoms with Crippen LogP contribution >= 0.6 is 11.6 Å². The van der Waals surface area contributed by atoms with Crippen LogP contribution < -0.4 is 10.6 Å². The second-order valence-corrected chi connectivity index (χ2v) is 8.18. The second-order valence-electron chi connectivity index (χ2n) is 7.74. The Labute approximate surface area is 196 Å². The zero-order chi connectivity index (χ0) is 23.4. The van der Waals surface area contributed by atoms with E-state index in [-0.39, 0.29) is 17.5 Å². The number of rotatable bonds is 5. The van der Waals surface area contributed by atoms with Crippen molar-refractivity contribution in [1.29, 1.82) is 0 Å². The van der Waals surface area contributed by atoms with E-state index in [0.717, 1.165) is 17.5 Å². The first-order chi connectivity index (χ1) is 15.9. The number of amides is 3. The molecule has 0 aliphatic carbocycles. The molecule has 1 atom stereocenters. The maximum Gasteiger partial charge on any atom is 0.335 e. The molecule has 33 heavy (non-hydrogen) atoms. The van der Waals surface area contributed by atoms with Crippen LogP contribution in [-0.2, 0) is 4.79 Å². The van der Waals surface area contributed by atoms with Crippen LogP contribution in [0, 0.1) is 0 Å². The molecule has 4 rings (SSSR count). The summed E-state index contributed by atoms with van der Waals surface area (Å²) in [5.41, 5.74) is 3.19. The summed E-state index contributed by atoms with van der Waals surface area (Å²) in [5, 5.41) is 15.2. The predicted molar refractivity (Wildman–Crippen MR) is 128 cm³/mol. The number of nitrogens with one attached hydrogen (secondary N) is 2. The predicted octanol–water partition coefficient (Wildman–Crippen LogP) is 5.34. The number of carboxylic acid groups (broad SMARTS) is 1. The molecule has 0 unspecified atom stereocenters. The standard InChI is InChI=1S/C25H22ClN3O4/c26-19-3-1-4-21(15-19)28-25(33)29-14-2-5-22(29)23(30)27-20-12-10-17(11-13-20)16-6-8-18(9-7-16)24(31)32/h1,3-4,6-13,15,22H,2,5,14H2,(H,27,30)(H,28,33)(H,31,32)/t22-/m1/s1. The fraction of sp³-hybridized carbons (Fsp3) is 0.160. The van der Waals surface area contributed by atoms with Gasteiger partial charge in [-0.3, -0.25) is 4.79 Å². The molecule has 3 aromatic carbocycles. The van der Waals surface area contributed by atoms with Crippen LogP contribution in [0.25, 0.3) is 11.1 Å². The van der Waals surface area contributed by atoms with E-state index >= 15 is 0 Å². The molecule has 0 radical (unpaired) electrons. The largest absolute Gasteiger partial charge is 0.478 e. The highest BCUT2D eigenvalue weighted by molar-refractivity contribution is 6.30. The van der Waals surface area contributed by atoms with Gasteiger partial charge in [-0.2, -0.15) is 0 Å². The lowest BCUT2D eigenvalue weighted by molar-refractivity contribution is -0.119. The molecule has 1 saturated heterocycles. The zero-order valence-electron chi connectivity index (χ0n) is 17.6. The molecule has 0 spiro atoms. The number of benzene rings is 3. The Morgan fingerprint density at radius 1 is 0.879 bits per heavy atom. The minimum atomic E-state index is -0.971. The summed E-state index contributed by atoms with van der Waals surface area (Å²) in [4.78, 5) is 38.1. The Morgan fingerprint density at radius 3 is 2.18 bits per heavy atom. The summed E-state index contributed by atoms with van der Waals surface area (Å²) in [6, 6.07) is 19.8. The van der Waals surface area contributed by atoms with Crippen LogP contribution in [0.4, 0.5) is 16.2 Å². The van der Waals surface area contributed by atoms with E-state index in [4.69, 9.17) is 16.7 Å². The molecule has 3 aromatic rings. The van der Waals surface area contributed by atoms with Crippen molar-refractivity contribution in [1.82, 2.24) is 4.90 Å². The first kappa shape index (κ1) is 22.4. The number of nitrogens with zero attached hydrogens (tertiary/aromatic N) is 1. The number of likely N-dealkylation sites (tertiary alicyclic amines) is 1. The van der Waals surface area contributed by atoms with Crippen molar-refractivity contribution in [2.75, 3.05) is 17.2 Å². The van der Waals surface area contributed by atoms with Gasteiger partial charge in [-0.15, -0.1) is 0 Å². The molecule has 1 aliphatic rings. The van der Waals surface area contributed by atoms with Gasteiger partial charge in [0.2, 0.25) is 5.91 Å².